The molecule has 0 aliphatic carbocycles. The van der Waals surface area contributed by atoms with Crippen LogP contribution in [0.25, 0.3) is 10.2 Å². The van der Waals surface area contributed by atoms with E-state index in [2.05, 4.69) is 10.3 Å². The van der Waals surface area contributed by atoms with Crippen LogP contribution >= 0.6 is 11.3 Å². The van der Waals surface area contributed by atoms with E-state index in [1.165, 1.54) is 11.3 Å². The molecule has 0 bridgehead atoms. The molecule has 0 saturated carbocycles. The summed E-state index contributed by atoms with van der Waals surface area (Å²) in [5, 5.41) is 12.5. The molecule has 1 unspecified atom stereocenters. The molecule has 6 nitrogen and oxygen atoms in total. The summed E-state index contributed by atoms with van der Waals surface area (Å²) >= 11 is 1.42. The Morgan fingerprint density at radius 1 is 1.31 bits per heavy atom. The summed E-state index contributed by atoms with van der Waals surface area (Å²) in [5.74, 6) is -1.00. The van der Waals surface area contributed by atoms with E-state index in [1.807, 2.05) is 48.5 Å². The SMILES string of the molecule is N#CC1Cc2c(ccc3sc(N(C=O)Cc4ccccc4)nc23)NC1=O. The third-order valence-electron chi connectivity index (χ3n) is 4.36. The van der Waals surface area contributed by atoms with Crippen molar-refractivity contribution >= 4 is 44.7 Å². The highest BCUT2D eigenvalue weighted by Gasteiger charge is 2.28. The third kappa shape index (κ3) is 2.80. The summed E-state index contributed by atoms with van der Waals surface area (Å²) in [6.07, 6.45) is 1.11. The van der Waals surface area contributed by atoms with Crippen molar-refractivity contribution in [1.29, 1.82) is 5.26 Å². The van der Waals surface area contributed by atoms with Crippen LogP contribution in [0.2, 0.25) is 0 Å². The lowest BCUT2D eigenvalue weighted by atomic mass is 9.93. The second kappa shape index (κ2) is 6.58. The quantitative estimate of drug-likeness (QED) is 0.723. The summed E-state index contributed by atoms with van der Waals surface area (Å²) in [7, 11) is 0. The first kappa shape index (κ1) is 16.2. The van der Waals surface area contributed by atoms with Crippen LogP contribution in [0.1, 0.15) is 11.1 Å². The topological polar surface area (TPSA) is 86.1 Å². The Kier molecular flexibility index (Phi) is 4.11. The first-order chi connectivity index (χ1) is 12.7. The fourth-order valence-corrected chi connectivity index (χ4v) is 3.99. The number of nitriles is 1. The monoisotopic (exact) mass is 362 g/mol. The van der Waals surface area contributed by atoms with Gasteiger partial charge in [-0.2, -0.15) is 5.26 Å². The average Bonchev–Trinajstić information content (AvgIpc) is 3.10. The van der Waals surface area contributed by atoms with Crippen LogP contribution in [0.5, 0.6) is 0 Å². The van der Waals surface area contributed by atoms with Crippen molar-refractivity contribution in [3.8, 4) is 6.07 Å². The van der Waals surface area contributed by atoms with Crippen molar-refractivity contribution in [3.05, 3.63) is 53.6 Å². The number of hydrogen-bond acceptors (Lipinski definition) is 5. The van der Waals surface area contributed by atoms with Gasteiger partial charge in [-0.25, -0.2) is 4.98 Å². The molecule has 128 valence electrons. The van der Waals surface area contributed by atoms with Gasteiger partial charge in [-0.1, -0.05) is 41.7 Å². The zero-order chi connectivity index (χ0) is 18.1. The van der Waals surface area contributed by atoms with Gasteiger partial charge in [0, 0.05) is 17.7 Å². The minimum Gasteiger partial charge on any atom is -0.325 e. The molecule has 1 atom stereocenters. The molecule has 26 heavy (non-hydrogen) atoms. The number of nitrogens with one attached hydrogen (secondary N) is 1. The second-order valence-electron chi connectivity index (χ2n) is 6.03. The summed E-state index contributed by atoms with van der Waals surface area (Å²) in [6.45, 7) is 0.434. The van der Waals surface area contributed by atoms with Crippen LogP contribution in [0.15, 0.2) is 42.5 Å². The van der Waals surface area contributed by atoms with Crippen LogP contribution in [0.4, 0.5) is 10.8 Å². The molecule has 2 aromatic carbocycles. The van der Waals surface area contributed by atoms with Crippen LogP contribution < -0.4 is 10.2 Å². The van der Waals surface area contributed by atoms with Crippen molar-refractivity contribution in [2.75, 3.05) is 10.2 Å². The lowest BCUT2D eigenvalue weighted by Crippen LogP contribution is -2.28. The Bertz CT molecular complexity index is 1040. The zero-order valence-electron chi connectivity index (χ0n) is 13.7. The van der Waals surface area contributed by atoms with Gasteiger partial charge in [0.1, 0.15) is 5.92 Å². The Labute approximate surface area is 153 Å². The number of hydrogen-bond donors (Lipinski definition) is 1. The summed E-state index contributed by atoms with van der Waals surface area (Å²) < 4.78 is 0.923. The number of carbonyl (C=O) groups is 2. The molecular formula is C19H14N4O2S. The van der Waals surface area contributed by atoms with Crippen LogP contribution in [-0.2, 0) is 22.6 Å². The number of benzene rings is 2. The normalized spacial score (nSPS) is 15.8. The van der Waals surface area contributed by atoms with E-state index >= 15 is 0 Å². The van der Waals surface area contributed by atoms with Crippen molar-refractivity contribution < 1.29 is 9.59 Å². The van der Waals surface area contributed by atoms with Crippen molar-refractivity contribution in [1.82, 2.24) is 4.98 Å². The number of carbonyl (C=O) groups excluding carboxylic acids is 2. The molecule has 1 aliphatic heterocycles. The molecule has 2 heterocycles. The van der Waals surface area contributed by atoms with E-state index in [0.29, 0.717) is 23.8 Å². The lowest BCUT2D eigenvalue weighted by Gasteiger charge is -2.20. The molecule has 0 spiro atoms. The smallest absolute Gasteiger partial charge is 0.242 e. The fourth-order valence-electron chi connectivity index (χ4n) is 3.03. The van der Waals surface area contributed by atoms with Gasteiger partial charge in [0.2, 0.25) is 12.3 Å². The maximum Gasteiger partial charge on any atom is 0.242 e. The summed E-state index contributed by atoms with van der Waals surface area (Å²) in [5.41, 5.74) is 3.29. The van der Waals surface area contributed by atoms with Gasteiger partial charge in [0.05, 0.1) is 22.8 Å². The maximum atomic E-state index is 11.9. The predicted octanol–water partition coefficient (Wildman–Crippen LogP) is 3.09. The van der Waals surface area contributed by atoms with Gasteiger partial charge in [-0.3, -0.25) is 14.5 Å². The van der Waals surface area contributed by atoms with E-state index in [1.54, 1.807) is 4.90 Å². The van der Waals surface area contributed by atoms with Gasteiger partial charge in [-0.15, -0.1) is 0 Å². The van der Waals surface area contributed by atoms with Gasteiger partial charge in [-0.05, 0) is 17.7 Å². The van der Waals surface area contributed by atoms with Crippen molar-refractivity contribution in [3.63, 3.8) is 0 Å². The third-order valence-corrected chi connectivity index (χ3v) is 5.42. The maximum absolute atomic E-state index is 11.9. The van der Waals surface area contributed by atoms with E-state index in [0.717, 1.165) is 27.8 Å². The number of amides is 2. The molecule has 0 saturated heterocycles. The van der Waals surface area contributed by atoms with E-state index in [-0.39, 0.29) is 5.91 Å². The van der Waals surface area contributed by atoms with E-state index in [9.17, 15) is 14.9 Å². The molecular weight excluding hydrogens is 348 g/mol. The van der Waals surface area contributed by atoms with Gasteiger partial charge in [0.15, 0.2) is 5.13 Å². The lowest BCUT2D eigenvalue weighted by molar-refractivity contribution is -0.118. The summed E-state index contributed by atoms with van der Waals surface area (Å²) in [6, 6.07) is 15.4. The molecule has 1 aliphatic rings. The van der Waals surface area contributed by atoms with Crippen LogP contribution in [0, 0.1) is 17.2 Å². The number of nitrogens with zero attached hydrogens (tertiary/aromatic N) is 3. The second-order valence-corrected chi connectivity index (χ2v) is 7.04. The number of rotatable bonds is 4. The van der Waals surface area contributed by atoms with E-state index in [4.69, 9.17) is 0 Å². The molecule has 4 rings (SSSR count). The minimum atomic E-state index is -0.718. The molecule has 3 aromatic rings. The highest BCUT2D eigenvalue weighted by molar-refractivity contribution is 7.22. The largest absolute Gasteiger partial charge is 0.325 e. The Morgan fingerprint density at radius 2 is 2.12 bits per heavy atom. The Morgan fingerprint density at radius 3 is 2.85 bits per heavy atom. The number of thiazole rings is 1. The first-order valence-electron chi connectivity index (χ1n) is 8.08. The van der Waals surface area contributed by atoms with Crippen molar-refractivity contribution in [2.24, 2.45) is 5.92 Å². The standard InChI is InChI=1S/C19H14N4O2S/c20-9-13-8-14-15(21-18(13)25)6-7-16-17(14)22-19(26-16)23(11-24)10-12-4-2-1-3-5-12/h1-7,11,13H,8,10H2,(H,21,25). The minimum absolute atomic E-state index is 0.284. The number of anilines is 2. The average molecular weight is 362 g/mol. The molecule has 2 amide bonds. The molecule has 1 N–H and O–H groups in total. The molecule has 1 aromatic heterocycles. The van der Waals surface area contributed by atoms with Crippen molar-refractivity contribution in [2.45, 2.75) is 13.0 Å². The Balaban J connectivity index is 1.73. The number of aromatic nitrogens is 1. The van der Waals surface area contributed by atoms with Crippen LogP contribution in [0.3, 0.4) is 0 Å². The molecule has 7 heteroatoms. The van der Waals surface area contributed by atoms with Gasteiger partial charge >= 0.3 is 0 Å². The Hall–Kier alpha value is -3.24. The zero-order valence-corrected chi connectivity index (χ0v) is 14.5. The highest BCUT2D eigenvalue weighted by Crippen LogP contribution is 2.37. The summed E-state index contributed by atoms with van der Waals surface area (Å²) in [4.78, 5) is 29.7. The predicted molar refractivity (Wildman–Crippen MR) is 99.7 cm³/mol. The number of fused-ring (bicyclic) bond motifs is 3. The molecule has 0 fully saturated rings. The van der Waals surface area contributed by atoms with Gasteiger partial charge < -0.3 is 5.32 Å². The molecule has 0 radical (unpaired) electrons. The highest BCUT2D eigenvalue weighted by atomic mass is 32.1. The van der Waals surface area contributed by atoms with Gasteiger partial charge in [0.25, 0.3) is 0 Å². The van der Waals surface area contributed by atoms with E-state index < -0.39 is 5.92 Å². The fraction of sp³-hybridized carbons (Fsp3) is 0.158. The van der Waals surface area contributed by atoms with Crippen LogP contribution in [-0.4, -0.2) is 17.3 Å². The first-order valence-corrected chi connectivity index (χ1v) is 8.90.